The lowest BCUT2D eigenvalue weighted by Gasteiger charge is -2.50. The summed E-state index contributed by atoms with van der Waals surface area (Å²) in [5, 5.41) is 55.3. The maximum atomic E-state index is 13.6. The molecule has 176 valence electrons. The Bertz CT molecular complexity index is 1190. The normalized spacial score (nSPS) is 31.8. The zero-order chi connectivity index (χ0) is 24.8. The van der Waals surface area contributed by atoms with Crippen molar-refractivity contribution in [3.05, 3.63) is 45.7 Å². The molecule has 1 amide bonds. The number of hydrogen-bond acceptors (Lipinski definition) is 8. The second kappa shape index (κ2) is 6.91. The summed E-state index contributed by atoms with van der Waals surface area (Å²) in [6, 6.07) is 3.42. The Morgan fingerprint density at radius 2 is 1.76 bits per heavy atom. The Morgan fingerprint density at radius 3 is 2.30 bits per heavy atom. The fourth-order valence-corrected chi connectivity index (χ4v) is 5.60. The van der Waals surface area contributed by atoms with Crippen molar-refractivity contribution in [3.8, 4) is 5.75 Å². The predicted molar refractivity (Wildman–Crippen MR) is 116 cm³/mol. The first-order valence-electron chi connectivity index (χ1n) is 10.7. The number of primary amides is 1. The highest BCUT2D eigenvalue weighted by Gasteiger charge is 2.64. The highest BCUT2D eigenvalue weighted by molar-refractivity contribution is 6.23. The molecule has 0 saturated heterocycles. The third kappa shape index (κ3) is 2.82. The molecule has 0 bridgehead atoms. The molecule has 7 N–H and O–H groups in total. The van der Waals surface area contributed by atoms with Gasteiger partial charge in [-0.05, 0) is 16.9 Å². The lowest BCUT2D eigenvalue weighted by atomic mass is 9.55. The molecule has 9 heteroatoms. The molecule has 0 heterocycles. The summed E-state index contributed by atoms with van der Waals surface area (Å²) in [7, 11) is 0. The van der Waals surface area contributed by atoms with Gasteiger partial charge in [-0.2, -0.15) is 0 Å². The van der Waals surface area contributed by atoms with E-state index in [1.165, 1.54) is 0 Å². The SMILES string of the molecule is CC1c2ccc(C(C)(C)C)c(O)c2C(O)=C2C(=O)C3(O)C(O)=C(C(N)=O)C(=O)CC3C(O)C21. The average Bonchev–Trinajstić information content (AvgIpc) is 2.69. The van der Waals surface area contributed by atoms with E-state index in [4.69, 9.17) is 5.73 Å². The summed E-state index contributed by atoms with van der Waals surface area (Å²) in [6.07, 6.45) is -2.12. The third-order valence-electron chi connectivity index (χ3n) is 7.31. The van der Waals surface area contributed by atoms with E-state index in [9.17, 15) is 39.9 Å². The van der Waals surface area contributed by atoms with Crippen molar-refractivity contribution in [3.63, 3.8) is 0 Å². The number of phenols is 1. The van der Waals surface area contributed by atoms with Gasteiger partial charge in [0.2, 0.25) is 5.78 Å². The number of aliphatic hydroxyl groups is 4. The van der Waals surface area contributed by atoms with Gasteiger partial charge < -0.3 is 31.3 Å². The van der Waals surface area contributed by atoms with Crippen LogP contribution in [-0.4, -0.2) is 54.7 Å². The van der Waals surface area contributed by atoms with Crippen molar-refractivity contribution >= 4 is 23.2 Å². The number of phenolic OH excluding ortho intramolecular Hbond substituents is 1. The largest absolute Gasteiger partial charge is 0.508 e. The number of ketones is 2. The number of amides is 1. The van der Waals surface area contributed by atoms with Crippen LogP contribution in [0.25, 0.3) is 5.76 Å². The molecular weight excluding hydrogens is 430 g/mol. The molecule has 5 unspecified atom stereocenters. The maximum absolute atomic E-state index is 13.6. The van der Waals surface area contributed by atoms with Crippen LogP contribution in [0.4, 0.5) is 0 Å². The van der Waals surface area contributed by atoms with Crippen molar-refractivity contribution in [1.82, 2.24) is 0 Å². The molecule has 9 nitrogen and oxygen atoms in total. The van der Waals surface area contributed by atoms with Crippen molar-refractivity contribution in [2.75, 3.05) is 0 Å². The molecule has 0 aromatic heterocycles. The van der Waals surface area contributed by atoms with Gasteiger partial charge in [0.15, 0.2) is 11.4 Å². The van der Waals surface area contributed by atoms with Gasteiger partial charge in [0.25, 0.3) is 5.91 Å². The van der Waals surface area contributed by atoms with E-state index in [1.807, 2.05) is 20.8 Å². The number of benzene rings is 1. The molecule has 3 aliphatic carbocycles. The predicted octanol–water partition coefficient (Wildman–Crippen LogP) is 1.25. The second-order valence-corrected chi connectivity index (χ2v) is 10.2. The molecule has 33 heavy (non-hydrogen) atoms. The molecule has 1 fully saturated rings. The fraction of sp³-hybridized carbons (Fsp3) is 0.458. The number of carbonyl (C=O) groups is 3. The van der Waals surface area contributed by atoms with Gasteiger partial charge in [0, 0.05) is 29.4 Å². The highest BCUT2D eigenvalue weighted by atomic mass is 16.4. The summed E-state index contributed by atoms with van der Waals surface area (Å²) < 4.78 is 0. The van der Waals surface area contributed by atoms with E-state index in [0.717, 1.165) is 0 Å². The standard InChI is InChI=1S/C24H27NO8/c1-8-9-5-6-10(23(2,3)4)17(27)14(9)19(29)16-13(8)18(28)11-7-12(26)15(22(25)32)20(30)24(11,33)21(16)31/h5-6,8,11,13,18,27-30,33H,7H2,1-4H3,(H2,25,32). The van der Waals surface area contributed by atoms with Gasteiger partial charge in [0.1, 0.15) is 22.8 Å². The van der Waals surface area contributed by atoms with Gasteiger partial charge in [-0.3, -0.25) is 14.4 Å². The number of Topliss-reactive ketones (excluding diaryl/α,β-unsaturated/α-hetero) is 2. The molecule has 3 aliphatic rings. The van der Waals surface area contributed by atoms with Crippen LogP contribution in [0.3, 0.4) is 0 Å². The van der Waals surface area contributed by atoms with Crippen molar-refractivity contribution in [2.24, 2.45) is 17.6 Å². The zero-order valence-electron chi connectivity index (χ0n) is 18.7. The van der Waals surface area contributed by atoms with Crippen LogP contribution in [0, 0.1) is 11.8 Å². The summed E-state index contributed by atoms with van der Waals surface area (Å²) in [4.78, 5) is 37.7. The second-order valence-electron chi connectivity index (χ2n) is 10.2. The Hall–Kier alpha value is -3.17. The molecule has 4 rings (SSSR count). The number of aromatic hydroxyl groups is 1. The third-order valence-corrected chi connectivity index (χ3v) is 7.31. The lowest BCUT2D eigenvalue weighted by Crippen LogP contribution is -2.63. The smallest absolute Gasteiger partial charge is 0.255 e. The van der Waals surface area contributed by atoms with Gasteiger partial charge in [-0.15, -0.1) is 0 Å². The molecule has 0 spiro atoms. The van der Waals surface area contributed by atoms with Crippen LogP contribution in [-0.2, 0) is 19.8 Å². The Balaban J connectivity index is 2.02. The van der Waals surface area contributed by atoms with Gasteiger partial charge in [-0.1, -0.05) is 39.8 Å². The number of nitrogens with two attached hydrogens (primary N) is 1. The minimum absolute atomic E-state index is 0.00857. The minimum atomic E-state index is -2.83. The van der Waals surface area contributed by atoms with E-state index >= 15 is 0 Å². The molecule has 1 aromatic rings. The van der Waals surface area contributed by atoms with E-state index in [1.54, 1.807) is 19.1 Å². The summed E-state index contributed by atoms with van der Waals surface area (Å²) in [5.41, 5.74) is 1.57. The maximum Gasteiger partial charge on any atom is 0.255 e. The Morgan fingerprint density at radius 1 is 1.15 bits per heavy atom. The van der Waals surface area contributed by atoms with Crippen LogP contribution in [0.1, 0.15) is 56.7 Å². The Labute approximate surface area is 189 Å². The van der Waals surface area contributed by atoms with Crippen molar-refractivity contribution in [1.29, 1.82) is 0 Å². The first-order chi connectivity index (χ1) is 15.2. The van der Waals surface area contributed by atoms with Crippen LogP contribution < -0.4 is 5.73 Å². The van der Waals surface area contributed by atoms with Crippen molar-refractivity contribution in [2.45, 2.75) is 57.2 Å². The van der Waals surface area contributed by atoms with Gasteiger partial charge >= 0.3 is 0 Å². The minimum Gasteiger partial charge on any atom is -0.508 e. The Kier molecular flexibility index (Phi) is 4.82. The number of hydrogen-bond donors (Lipinski definition) is 6. The first kappa shape index (κ1) is 23.0. The number of carbonyl (C=O) groups excluding carboxylic acids is 3. The lowest BCUT2D eigenvalue weighted by molar-refractivity contribution is -0.160. The number of fused-ring (bicyclic) bond motifs is 3. The zero-order valence-corrected chi connectivity index (χ0v) is 18.7. The van der Waals surface area contributed by atoms with Crippen LogP contribution in [0.5, 0.6) is 5.75 Å². The van der Waals surface area contributed by atoms with Crippen LogP contribution in [0.15, 0.2) is 29.0 Å². The summed E-state index contributed by atoms with van der Waals surface area (Å²) in [6.45, 7) is 7.29. The van der Waals surface area contributed by atoms with Gasteiger partial charge in [-0.25, -0.2) is 0 Å². The molecule has 1 saturated carbocycles. The monoisotopic (exact) mass is 457 g/mol. The molecule has 0 aliphatic heterocycles. The fourth-order valence-electron chi connectivity index (χ4n) is 5.60. The van der Waals surface area contributed by atoms with Crippen LogP contribution >= 0.6 is 0 Å². The number of aliphatic hydroxyl groups excluding tert-OH is 3. The van der Waals surface area contributed by atoms with E-state index in [-0.39, 0.29) is 16.9 Å². The topological polar surface area (TPSA) is 178 Å². The van der Waals surface area contributed by atoms with E-state index in [2.05, 4.69) is 0 Å². The van der Waals surface area contributed by atoms with Gasteiger partial charge in [0.05, 0.1) is 11.7 Å². The average molecular weight is 457 g/mol. The van der Waals surface area contributed by atoms with E-state index in [0.29, 0.717) is 11.1 Å². The molecule has 1 aromatic carbocycles. The van der Waals surface area contributed by atoms with Crippen molar-refractivity contribution < 1.29 is 39.9 Å². The molecular formula is C24H27NO8. The quantitative estimate of drug-likeness (QED) is 0.341. The summed E-state index contributed by atoms with van der Waals surface area (Å²) in [5.74, 6) is -8.52. The highest BCUT2D eigenvalue weighted by Crippen LogP contribution is 2.56. The number of rotatable bonds is 1. The molecule has 0 radical (unpaired) electrons. The summed E-state index contributed by atoms with van der Waals surface area (Å²) >= 11 is 0. The first-order valence-corrected chi connectivity index (χ1v) is 10.7. The molecule has 5 atom stereocenters. The van der Waals surface area contributed by atoms with E-state index < -0.39 is 75.9 Å². The van der Waals surface area contributed by atoms with Crippen LogP contribution in [0.2, 0.25) is 0 Å².